The van der Waals surface area contributed by atoms with Crippen LogP contribution in [0.5, 0.6) is 5.75 Å². The van der Waals surface area contributed by atoms with Crippen LogP contribution < -0.4 is 15.0 Å². The van der Waals surface area contributed by atoms with Crippen LogP contribution >= 0.6 is 11.6 Å². The fourth-order valence-electron chi connectivity index (χ4n) is 2.67. The maximum absolute atomic E-state index is 6.11. The first kappa shape index (κ1) is 18.0. The minimum atomic E-state index is 0.625. The molecule has 0 unspecified atom stereocenters. The highest BCUT2D eigenvalue weighted by molar-refractivity contribution is 6.31. The predicted octanol–water partition coefficient (Wildman–Crippen LogP) is 4.83. The number of rotatable bonds is 6. The molecule has 0 bridgehead atoms. The van der Waals surface area contributed by atoms with Crippen molar-refractivity contribution in [3.05, 3.63) is 71.0 Å². The Morgan fingerprint density at radius 1 is 1.08 bits per heavy atom. The van der Waals surface area contributed by atoms with Crippen LogP contribution in [0.3, 0.4) is 0 Å². The van der Waals surface area contributed by atoms with Gasteiger partial charge in [-0.15, -0.1) is 0 Å². The van der Waals surface area contributed by atoms with Crippen molar-refractivity contribution in [2.45, 2.75) is 13.5 Å². The highest BCUT2D eigenvalue weighted by Gasteiger charge is 2.10. The molecule has 6 heteroatoms. The molecule has 0 radical (unpaired) electrons. The second-order valence-electron chi connectivity index (χ2n) is 5.97. The molecule has 5 nitrogen and oxygen atoms in total. The molecule has 26 heavy (non-hydrogen) atoms. The smallest absolute Gasteiger partial charge is 0.142 e. The van der Waals surface area contributed by atoms with E-state index in [1.165, 1.54) is 5.56 Å². The summed E-state index contributed by atoms with van der Waals surface area (Å²) in [6, 6.07) is 17.6. The molecule has 0 fully saturated rings. The van der Waals surface area contributed by atoms with Crippen LogP contribution in [0.4, 0.5) is 17.3 Å². The van der Waals surface area contributed by atoms with Gasteiger partial charge in [0.1, 0.15) is 23.2 Å². The molecule has 1 heterocycles. The molecule has 0 aliphatic carbocycles. The average molecular weight is 369 g/mol. The number of nitrogens with one attached hydrogen (secondary N) is 1. The van der Waals surface area contributed by atoms with Crippen molar-refractivity contribution in [3.8, 4) is 5.75 Å². The third kappa shape index (κ3) is 4.43. The van der Waals surface area contributed by atoms with Crippen LogP contribution in [0.2, 0.25) is 5.02 Å². The number of aromatic nitrogens is 2. The van der Waals surface area contributed by atoms with Gasteiger partial charge in [-0.05, 0) is 30.7 Å². The highest BCUT2D eigenvalue weighted by Crippen LogP contribution is 2.30. The second kappa shape index (κ2) is 8.06. The molecule has 3 aromatic rings. The van der Waals surface area contributed by atoms with Crippen LogP contribution in [0, 0.1) is 6.92 Å². The van der Waals surface area contributed by atoms with Crippen molar-refractivity contribution in [3.63, 3.8) is 0 Å². The first-order valence-corrected chi connectivity index (χ1v) is 8.64. The first-order chi connectivity index (χ1) is 12.5. The summed E-state index contributed by atoms with van der Waals surface area (Å²) in [5, 5.41) is 3.90. The minimum Gasteiger partial charge on any atom is -0.495 e. The Hall–Kier alpha value is -2.79. The van der Waals surface area contributed by atoms with Gasteiger partial charge in [0, 0.05) is 24.7 Å². The van der Waals surface area contributed by atoms with Crippen LogP contribution in [0.1, 0.15) is 11.4 Å². The molecule has 0 atom stereocenters. The molecular weight excluding hydrogens is 348 g/mol. The van der Waals surface area contributed by atoms with E-state index in [9.17, 15) is 0 Å². The zero-order chi connectivity index (χ0) is 18.5. The van der Waals surface area contributed by atoms with Gasteiger partial charge in [-0.25, -0.2) is 9.97 Å². The van der Waals surface area contributed by atoms with E-state index in [1.54, 1.807) is 13.2 Å². The van der Waals surface area contributed by atoms with Crippen LogP contribution in [-0.4, -0.2) is 24.1 Å². The summed E-state index contributed by atoms with van der Waals surface area (Å²) in [6.07, 6.45) is 0. The molecular formula is C20H21ClN4O. The molecule has 2 aromatic carbocycles. The number of nitrogens with zero attached hydrogens (tertiary/aromatic N) is 3. The summed E-state index contributed by atoms with van der Waals surface area (Å²) in [4.78, 5) is 11.1. The van der Waals surface area contributed by atoms with Crippen molar-refractivity contribution in [2.75, 3.05) is 24.4 Å². The van der Waals surface area contributed by atoms with E-state index in [0.717, 1.165) is 18.1 Å². The summed E-state index contributed by atoms with van der Waals surface area (Å²) in [7, 11) is 3.64. The lowest BCUT2D eigenvalue weighted by atomic mass is 10.2. The van der Waals surface area contributed by atoms with Crippen molar-refractivity contribution in [1.29, 1.82) is 0 Å². The van der Waals surface area contributed by atoms with E-state index in [1.807, 2.05) is 50.4 Å². The lowest BCUT2D eigenvalue weighted by molar-refractivity contribution is 0.417. The van der Waals surface area contributed by atoms with E-state index < -0.39 is 0 Å². The summed E-state index contributed by atoms with van der Waals surface area (Å²) in [5.74, 6) is 2.91. The number of benzene rings is 2. The Morgan fingerprint density at radius 2 is 1.85 bits per heavy atom. The average Bonchev–Trinajstić information content (AvgIpc) is 2.62. The van der Waals surface area contributed by atoms with Gasteiger partial charge in [-0.1, -0.05) is 41.9 Å². The Morgan fingerprint density at radius 3 is 2.58 bits per heavy atom. The van der Waals surface area contributed by atoms with Crippen molar-refractivity contribution in [1.82, 2.24) is 9.97 Å². The van der Waals surface area contributed by atoms with E-state index in [-0.39, 0.29) is 0 Å². The van der Waals surface area contributed by atoms with Crippen LogP contribution in [0.15, 0.2) is 54.6 Å². The fraction of sp³-hybridized carbons (Fsp3) is 0.200. The minimum absolute atomic E-state index is 0.625. The number of hydrogen-bond donors (Lipinski definition) is 1. The number of hydrogen-bond acceptors (Lipinski definition) is 5. The van der Waals surface area contributed by atoms with Gasteiger partial charge < -0.3 is 15.0 Å². The predicted molar refractivity (Wildman–Crippen MR) is 107 cm³/mol. The maximum Gasteiger partial charge on any atom is 0.142 e. The Bertz CT molecular complexity index is 886. The summed E-state index contributed by atoms with van der Waals surface area (Å²) >= 11 is 6.11. The number of methoxy groups -OCH3 is 1. The standard InChI is InChI=1S/C20H21ClN4O/c1-14-22-19(24-17-11-16(21)9-10-18(17)26-3)12-20(23-14)25(2)13-15-7-5-4-6-8-15/h4-12H,13H2,1-3H3,(H,22,23,24). The third-order valence-electron chi connectivity index (χ3n) is 3.90. The van der Waals surface area contributed by atoms with Gasteiger partial charge >= 0.3 is 0 Å². The van der Waals surface area contributed by atoms with Crippen molar-refractivity contribution < 1.29 is 4.74 Å². The summed E-state index contributed by atoms with van der Waals surface area (Å²) in [6.45, 7) is 2.64. The molecule has 1 aromatic heterocycles. The van der Waals surface area contributed by atoms with E-state index >= 15 is 0 Å². The van der Waals surface area contributed by atoms with E-state index in [0.29, 0.717) is 22.4 Å². The van der Waals surface area contributed by atoms with Crippen LogP contribution in [0.25, 0.3) is 0 Å². The number of halogens is 1. The molecule has 0 saturated heterocycles. The molecule has 0 amide bonds. The SMILES string of the molecule is COc1ccc(Cl)cc1Nc1cc(N(C)Cc2ccccc2)nc(C)n1. The van der Waals surface area contributed by atoms with Gasteiger partial charge in [0.05, 0.1) is 12.8 Å². The number of anilines is 3. The van der Waals surface area contributed by atoms with Gasteiger partial charge in [0.2, 0.25) is 0 Å². The molecule has 0 aliphatic heterocycles. The monoisotopic (exact) mass is 368 g/mol. The lowest BCUT2D eigenvalue weighted by Crippen LogP contribution is -2.18. The molecule has 0 spiro atoms. The lowest BCUT2D eigenvalue weighted by Gasteiger charge is -2.20. The number of aryl methyl sites for hydroxylation is 1. The van der Waals surface area contributed by atoms with Crippen LogP contribution in [-0.2, 0) is 6.54 Å². The second-order valence-corrected chi connectivity index (χ2v) is 6.41. The Kier molecular flexibility index (Phi) is 5.58. The molecule has 0 saturated carbocycles. The molecule has 3 rings (SSSR count). The normalized spacial score (nSPS) is 10.5. The van der Waals surface area contributed by atoms with E-state index in [2.05, 4.69) is 32.3 Å². The third-order valence-corrected chi connectivity index (χ3v) is 4.14. The first-order valence-electron chi connectivity index (χ1n) is 8.26. The quantitative estimate of drug-likeness (QED) is 0.675. The highest BCUT2D eigenvalue weighted by atomic mass is 35.5. The maximum atomic E-state index is 6.11. The fourth-order valence-corrected chi connectivity index (χ4v) is 2.84. The van der Waals surface area contributed by atoms with Crippen molar-refractivity contribution >= 4 is 28.9 Å². The van der Waals surface area contributed by atoms with E-state index in [4.69, 9.17) is 16.3 Å². The zero-order valence-electron chi connectivity index (χ0n) is 15.0. The molecule has 0 aliphatic rings. The van der Waals surface area contributed by atoms with Gasteiger partial charge in [0.25, 0.3) is 0 Å². The van der Waals surface area contributed by atoms with Gasteiger partial charge in [0.15, 0.2) is 0 Å². The largest absolute Gasteiger partial charge is 0.495 e. The zero-order valence-corrected chi connectivity index (χ0v) is 15.8. The van der Waals surface area contributed by atoms with Gasteiger partial charge in [-0.2, -0.15) is 0 Å². The Labute approximate surface area is 158 Å². The summed E-state index contributed by atoms with van der Waals surface area (Å²) < 4.78 is 5.38. The van der Waals surface area contributed by atoms with Gasteiger partial charge in [-0.3, -0.25) is 0 Å². The Balaban J connectivity index is 1.85. The molecule has 134 valence electrons. The van der Waals surface area contributed by atoms with Crippen molar-refractivity contribution in [2.24, 2.45) is 0 Å². The summed E-state index contributed by atoms with van der Waals surface area (Å²) in [5.41, 5.74) is 1.98. The topological polar surface area (TPSA) is 50.3 Å². The number of ether oxygens (including phenoxy) is 1. The molecule has 1 N–H and O–H groups in total.